The van der Waals surface area contributed by atoms with Crippen LogP contribution in [0.15, 0.2) is 121 Å². The summed E-state index contributed by atoms with van der Waals surface area (Å²) < 4.78 is 2.20. The first kappa shape index (κ1) is 24.6. The normalized spacial score (nSPS) is 13.1. The highest BCUT2D eigenvalue weighted by molar-refractivity contribution is 6.30. The van der Waals surface area contributed by atoms with Gasteiger partial charge in [-0.25, -0.2) is 9.67 Å². The maximum absolute atomic E-state index is 6.71. The highest BCUT2D eigenvalue weighted by Crippen LogP contribution is 2.45. The fourth-order valence-corrected chi connectivity index (χ4v) is 6.34. The second-order valence-corrected chi connectivity index (χ2v) is 10.9. The number of rotatable bonds is 6. The Labute approximate surface area is 239 Å². The summed E-state index contributed by atoms with van der Waals surface area (Å²) in [5.74, 6) is 0.952. The van der Waals surface area contributed by atoms with Crippen LogP contribution in [0.4, 0.5) is 5.82 Å². The molecule has 2 aromatic heterocycles. The molecule has 5 heteroatoms. The molecular weight excluding hydrogens is 512 g/mol. The number of pyridine rings is 1. The van der Waals surface area contributed by atoms with Gasteiger partial charge in [0, 0.05) is 25.6 Å². The first-order chi connectivity index (χ1) is 19.6. The fourth-order valence-electron chi connectivity index (χ4n) is 6.14. The number of aryl methyl sites for hydroxylation is 1. The minimum atomic E-state index is -0.734. The predicted molar refractivity (Wildman–Crippen MR) is 163 cm³/mol. The fraction of sp³-hybridized carbons (Fsp3) is 0.143. The lowest BCUT2D eigenvalue weighted by atomic mass is 9.77. The Balaban J connectivity index is 1.55. The van der Waals surface area contributed by atoms with E-state index in [-0.39, 0.29) is 0 Å². The van der Waals surface area contributed by atoms with Gasteiger partial charge in [-0.1, -0.05) is 132 Å². The summed E-state index contributed by atoms with van der Waals surface area (Å²) in [6.45, 7) is 3.73. The second-order valence-electron chi connectivity index (χ2n) is 10.5. The molecule has 4 nitrogen and oxygen atoms in total. The van der Waals surface area contributed by atoms with Crippen LogP contribution >= 0.6 is 11.6 Å². The molecule has 3 heterocycles. The Morgan fingerprint density at radius 2 is 1.30 bits per heavy atom. The van der Waals surface area contributed by atoms with Gasteiger partial charge in [0.1, 0.15) is 10.7 Å². The van der Waals surface area contributed by atoms with Crippen LogP contribution in [0.5, 0.6) is 0 Å². The maximum atomic E-state index is 6.71. The smallest absolute Gasteiger partial charge is 0.160 e. The van der Waals surface area contributed by atoms with Crippen molar-refractivity contribution < 1.29 is 0 Å². The van der Waals surface area contributed by atoms with Gasteiger partial charge in [-0.05, 0) is 29.2 Å². The molecule has 0 amide bonds. The third-order valence-electron chi connectivity index (χ3n) is 7.99. The van der Waals surface area contributed by atoms with Crippen LogP contribution in [0.1, 0.15) is 33.5 Å². The van der Waals surface area contributed by atoms with Crippen molar-refractivity contribution in [2.24, 2.45) is 0 Å². The number of hydrogen-bond donors (Lipinski definition) is 0. The summed E-state index contributed by atoms with van der Waals surface area (Å²) in [6.07, 6.45) is 0.816. The molecule has 0 saturated heterocycles. The van der Waals surface area contributed by atoms with Crippen molar-refractivity contribution in [1.82, 2.24) is 14.8 Å². The minimum absolute atomic E-state index is 0.491. The van der Waals surface area contributed by atoms with Crippen molar-refractivity contribution in [1.29, 1.82) is 0 Å². The van der Waals surface area contributed by atoms with Crippen molar-refractivity contribution in [2.75, 3.05) is 11.4 Å². The molecule has 0 saturated carbocycles. The van der Waals surface area contributed by atoms with E-state index in [2.05, 4.69) is 132 Å². The molecule has 0 unspecified atom stereocenters. The van der Waals surface area contributed by atoms with E-state index in [9.17, 15) is 0 Å². The summed E-state index contributed by atoms with van der Waals surface area (Å²) in [5, 5.41) is 7.07. The average Bonchev–Trinajstić information content (AvgIpc) is 3.38. The first-order valence-corrected chi connectivity index (χ1v) is 14.1. The van der Waals surface area contributed by atoms with Crippen molar-refractivity contribution in [3.05, 3.63) is 160 Å². The molecule has 40 heavy (non-hydrogen) atoms. The lowest BCUT2D eigenvalue weighted by molar-refractivity contribution is 0.475. The standard InChI is InChI=1S/C35H29ClN4/c1-25-17-19-26(20-18-25)24-39-22-21-30-33-31(23-32(36)37-30)40(38-34(33)39)35(27-11-5-2-6-12-27,28-13-7-3-8-14-28)29-15-9-4-10-16-29/h2-20,23H,21-22,24H2,1H3. The third-order valence-corrected chi connectivity index (χ3v) is 8.19. The Morgan fingerprint density at radius 3 is 1.85 bits per heavy atom. The van der Waals surface area contributed by atoms with Crippen LogP contribution in [0.25, 0.3) is 10.9 Å². The summed E-state index contributed by atoms with van der Waals surface area (Å²) in [5.41, 5.74) is 7.16. The number of halogens is 1. The van der Waals surface area contributed by atoms with Gasteiger partial charge in [0.05, 0.1) is 16.6 Å². The Kier molecular flexibility index (Phi) is 6.13. The van der Waals surface area contributed by atoms with Crippen molar-refractivity contribution in [2.45, 2.75) is 25.4 Å². The van der Waals surface area contributed by atoms with Crippen molar-refractivity contribution in [3.63, 3.8) is 0 Å². The number of benzene rings is 4. The van der Waals surface area contributed by atoms with Crippen molar-refractivity contribution >= 4 is 28.3 Å². The summed E-state index contributed by atoms with van der Waals surface area (Å²) in [7, 11) is 0. The van der Waals surface area contributed by atoms with E-state index in [0.717, 1.165) is 58.6 Å². The molecule has 0 bridgehead atoms. The third kappa shape index (κ3) is 3.99. The summed E-state index contributed by atoms with van der Waals surface area (Å²) in [6, 6.07) is 42.7. The average molecular weight is 541 g/mol. The molecule has 7 rings (SSSR count). The Bertz CT molecular complexity index is 1680. The quantitative estimate of drug-likeness (QED) is 0.160. The van der Waals surface area contributed by atoms with Gasteiger partial charge in [0.2, 0.25) is 0 Å². The first-order valence-electron chi connectivity index (χ1n) is 13.7. The molecule has 1 aliphatic rings. The zero-order valence-corrected chi connectivity index (χ0v) is 23.1. The van der Waals surface area contributed by atoms with Gasteiger partial charge in [0.25, 0.3) is 0 Å². The lowest BCUT2D eigenvalue weighted by Crippen LogP contribution is -2.38. The minimum Gasteiger partial charge on any atom is -0.350 e. The maximum Gasteiger partial charge on any atom is 0.160 e. The number of hydrogen-bond acceptors (Lipinski definition) is 3. The van der Waals surface area contributed by atoms with Gasteiger partial charge in [-0.15, -0.1) is 0 Å². The largest absolute Gasteiger partial charge is 0.350 e. The second kappa shape index (κ2) is 9.96. The highest BCUT2D eigenvalue weighted by Gasteiger charge is 2.42. The Hall–Kier alpha value is -4.41. The molecule has 0 N–H and O–H groups in total. The van der Waals surface area contributed by atoms with Crippen LogP contribution in [0, 0.1) is 6.92 Å². The molecule has 196 valence electrons. The topological polar surface area (TPSA) is 34.0 Å². The van der Waals surface area contributed by atoms with E-state index in [0.29, 0.717) is 5.15 Å². The predicted octanol–water partition coefficient (Wildman–Crippen LogP) is 7.80. The zero-order valence-electron chi connectivity index (χ0n) is 22.3. The lowest BCUT2D eigenvalue weighted by Gasteiger charge is -2.37. The van der Waals surface area contributed by atoms with E-state index >= 15 is 0 Å². The van der Waals surface area contributed by atoms with Crippen LogP contribution in [-0.4, -0.2) is 21.3 Å². The van der Waals surface area contributed by atoms with Gasteiger partial charge in [0.15, 0.2) is 5.82 Å². The zero-order chi connectivity index (χ0) is 27.1. The van der Waals surface area contributed by atoms with Gasteiger partial charge in [-0.2, -0.15) is 5.10 Å². The van der Waals surface area contributed by atoms with E-state index in [1.165, 1.54) is 11.1 Å². The van der Waals surface area contributed by atoms with Crippen LogP contribution in [0.2, 0.25) is 5.15 Å². The van der Waals surface area contributed by atoms with E-state index < -0.39 is 5.54 Å². The molecule has 0 fully saturated rings. The van der Waals surface area contributed by atoms with E-state index in [1.807, 2.05) is 6.07 Å². The Morgan fingerprint density at radius 1 is 0.750 bits per heavy atom. The number of anilines is 1. The molecule has 1 aliphatic heterocycles. The van der Waals surface area contributed by atoms with Crippen molar-refractivity contribution in [3.8, 4) is 0 Å². The van der Waals surface area contributed by atoms with E-state index in [1.54, 1.807) is 0 Å². The molecule has 6 aromatic rings. The number of aromatic nitrogens is 3. The molecule has 0 spiro atoms. The molecule has 0 radical (unpaired) electrons. The van der Waals surface area contributed by atoms with E-state index in [4.69, 9.17) is 21.7 Å². The molecule has 0 atom stereocenters. The van der Waals surface area contributed by atoms with Crippen LogP contribution in [-0.2, 0) is 18.5 Å². The van der Waals surface area contributed by atoms with Gasteiger partial charge >= 0.3 is 0 Å². The summed E-state index contributed by atoms with van der Waals surface area (Å²) >= 11 is 6.71. The van der Waals surface area contributed by atoms with Gasteiger partial charge in [-0.3, -0.25) is 0 Å². The highest BCUT2D eigenvalue weighted by atomic mass is 35.5. The van der Waals surface area contributed by atoms with Gasteiger partial charge < -0.3 is 4.90 Å². The summed E-state index contributed by atoms with van der Waals surface area (Å²) in [4.78, 5) is 7.17. The SMILES string of the molecule is Cc1ccc(CN2CCc3nc(Cl)cc4c3c2nn4C(c2ccccc2)(c2ccccc2)c2ccccc2)cc1. The molecule has 0 aliphatic carbocycles. The molecular formula is C35H29ClN4. The number of nitrogens with zero attached hydrogens (tertiary/aromatic N) is 4. The monoisotopic (exact) mass is 540 g/mol. The van der Waals surface area contributed by atoms with Crippen LogP contribution in [0.3, 0.4) is 0 Å². The molecule has 4 aromatic carbocycles. The van der Waals surface area contributed by atoms with Crippen LogP contribution < -0.4 is 4.90 Å².